The molecule has 2 aliphatic rings. The van der Waals surface area contributed by atoms with Gasteiger partial charge in [-0.1, -0.05) is 54.6 Å². The Labute approximate surface area is 203 Å². The average molecular weight is 492 g/mol. The lowest BCUT2D eigenvalue weighted by atomic mass is 9.90. The van der Waals surface area contributed by atoms with Gasteiger partial charge in [0.15, 0.2) is 9.84 Å². The van der Waals surface area contributed by atoms with Gasteiger partial charge in [-0.15, -0.1) is 0 Å². The van der Waals surface area contributed by atoms with Crippen LogP contribution in [0.15, 0.2) is 72.8 Å². The van der Waals surface area contributed by atoms with Gasteiger partial charge in [0.05, 0.1) is 17.5 Å². The van der Waals surface area contributed by atoms with E-state index in [1.54, 1.807) is 43.3 Å². The molecule has 9 heteroatoms. The number of amides is 4. The summed E-state index contributed by atoms with van der Waals surface area (Å²) in [5.74, 6) is -1.19. The van der Waals surface area contributed by atoms with Gasteiger partial charge >= 0.3 is 6.03 Å². The molecule has 8 nitrogen and oxygen atoms in total. The number of rotatable bonds is 5. The fourth-order valence-electron chi connectivity index (χ4n) is 4.87. The Morgan fingerprint density at radius 2 is 1.71 bits per heavy atom. The van der Waals surface area contributed by atoms with E-state index in [9.17, 15) is 22.8 Å². The molecular formula is C26H25N3O5S. The summed E-state index contributed by atoms with van der Waals surface area (Å²) in [7, 11) is -3.26. The van der Waals surface area contributed by atoms with Crippen LogP contribution in [0.25, 0.3) is 10.8 Å². The highest BCUT2D eigenvalue weighted by atomic mass is 32.2. The number of anilines is 1. The van der Waals surface area contributed by atoms with Crippen molar-refractivity contribution in [3.8, 4) is 0 Å². The molecule has 1 N–H and O–H groups in total. The predicted octanol–water partition coefficient (Wildman–Crippen LogP) is 2.83. The fourth-order valence-corrected chi connectivity index (χ4v) is 6.57. The molecule has 2 saturated heterocycles. The molecule has 0 saturated carbocycles. The van der Waals surface area contributed by atoms with E-state index in [4.69, 9.17) is 0 Å². The zero-order valence-electron chi connectivity index (χ0n) is 19.2. The van der Waals surface area contributed by atoms with Gasteiger partial charge in [0.25, 0.3) is 5.91 Å². The highest BCUT2D eigenvalue weighted by molar-refractivity contribution is 7.91. The van der Waals surface area contributed by atoms with Crippen molar-refractivity contribution in [2.75, 3.05) is 23.0 Å². The highest BCUT2D eigenvalue weighted by Gasteiger charge is 2.50. The van der Waals surface area contributed by atoms with Gasteiger partial charge in [-0.05, 0) is 47.9 Å². The molecule has 3 aromatic carbocycles. The topological polar surface area (TPSA) is 104 Å². The van der Waals surface area contributed by atoms with Gasteiger partial charge in [-0.3, -0.25) is 14.5 Å². The van der Waals surface area contributed by atoms with E-state index in [-0.39, 0.29) is 11.5 Å². The molecule has 35 heavy (non-hydrogen) atoms. The zero-order chi connectivity index (χ0) is 24.8. The Kier molecular flexibility index (Phi) is 5.59. The monoisotopic (exact) mass is 491 g/mol. The lowest BCUT2D eigenvalue weighted by Gasteiger charge is -2.30. The van der Waals surface area contributed by atoms with Crippen molar-refractivity contribution in [1.29, 1.82) is 0 Å². The molecule has 180 valence electrons. The van der Waals surface area contributed by atoms with Gasteiger partial charge < -0.3 is 10.2 Å². The second kappa shape index (κ2) is 8.49. The SMILES string of the molecule is CC1(c2ccc3ccccc3c2)NC(=O)N(CC(=O)N(c2ccccc2)C2CCS(=O)(=O)C2)C1=O. The van der Waals surface area contributed by atoms with E-state index in [1.165, 1.54) is 4.90 Å². The van der Waals surface area contributed by atoms with Crippen molar-refractivity contribution < 1.29 is 22.8 Å². The van der Waals surface area contributed by atoms with Gasteiger partial charge in [0.1, 0.15) is 12.1 Å². The molecule has 3 aromatic rings. The van der Waals surface area contributed by atoms with Gasteiger partial charge in [-0.2, -0.15) is 0 Å². The van der Waals surface area contributed by atoms with Crippen molar-refractivity contribution in [2.24, 2.45) is 0 Å². The molecule has 4 amide bonds. The molecule has 2 unspecified atom stereocenters. The maximum absolute atomic E-state index is 13.5. The summed E-state index contributed by atoms with van der Waals surface area (Å²) >= 11 is 0. The molecular weight excluding hydrogens is 466 g/mol. The number of para-hydroxylation sites is 1. The van der Waals surface area contributed by atoms with Crippen LogP contribution in [0.3, 0.4) is 0 Å². The first-order valence-electron chi connectivity index (χ1n) is 11.4. The van der Waals surface area contributed by atoms with Crippen molar-refractivity contribution in [3.63, 3.8) is 0 Å². The molecule has 2 fully saturated rings. The van der Waals surface area contributed by atoms with Crippen molar-refractivity contribution in [3.05, 3.63) is 78.4 Å². The number of carbonyl (C=O) groups is 3. The number of hydrogen-bond acceptors (Lipinski definition) is 5. The number of carbonyl (C=O) groups excluding carboxylic acids is 3. The first kappa shape index (κ1) is 23.0. The minimum absolute atomic E-state index is 0.00253. The van der Waals surface area contributed by atoms with E-state index in [2.05, 4.69) is 5.32 Å². The van der Waals surface area contributed by atoms with Crippen LogP contribution in [-0.4, -0.2) is 55.3 Å². The predicted molar refractivity (Wildman–Crippen MR) is 133 cm³/mol. The minimum atomic E-state index is -3.26. The summed E-state index contributed by atoms with van der Waals surface area (Å²) in [6.45, 7) is 1.14. The van der Waals surface area contributed by atoms with Gasteiger partial charge in [0, 0.05) is 5.69 Å². The van der Waals surface area contributed by atoms with E-state index in [0.717, 1.165) is 15.7 Å². The summed E-state index contributed by atoms with van der Waals surface area (Å²) in [6, 6.07) is 20.8. The number of fused-ring (bicyclic) bond motifs is 1. The Hall–Kier alpha value is -3.72. The largest absolute Gasteiger partial charge is 0.325 e. The van der Waals surface area contributed by atoms with Crippen LogP contribution in [0.2, 0.25) is 0 Å². The van der Waals surface area contributed by atoms with Crippen molar-refractivity contribution >= 4 is 44.1 Å². The molecule has 2 heterocycles. The minimum Gasteiger partial charge on any atom is -0.319 e. The van der Waals surface area contributed by atoms with E-state index in [0.29, 0.717) is 17.7 Å². The van der Waals surface area contributed by atoms with Crippen LogP contribution in [0.1, 0.15) is 18.9 Å². The third kappa shape index (κ3) is 4.16. The van der Waals surface area contributed by atoms with Crippen LogP contribution in [0.4, 0.5) is 10.5 Å². The van der Waals surface area contributed by atoms with Crippen LogP contribution in [0.5, 0.6) is 0 Å². The Morgan fingerprint density at radius 3 is 2.40 bits per heavy atom. The summed E-state index contributed by atoms with van der Waals surface area (Å²) in [4.78, 5) is 42.1. The van der Waals surface area contributed by atoms with E-state index in [1.807, 2.05) is 36.4 Å². The standard InChI is InChI=1S/C26H25N3O5S/c1-26(20-12-11-18-7-5-6-8-19(18)15-20)24(31)28(25(32)27-26)16-23(30)29(21-9-3-2-4-10-21)22-13-14-35(33,34)17-22/h2-12,15,22H,13-14,16-17H2,1H3,(H,27,32). The number of nitrogens with one attached hydrogen (secondary N) is 1. The first-order valence-corrected chi connectivity index (χ1v) is 13.2. The fraction of sp³-hybridized carbons (Fsp3) is 0.269. The normalized spacial score (nSPS) is 23.5. The Balaban J connectivity index is 1.42. The maximum atomic E-state index is 13.5. The third-order valence-corrected chi connectivity index (χ3v) is 8.52. The lowest BCUT2D eigenvalue weighted by Crippen LogP contribution is -2.48. The van der Waals surface area contributed by atoms with Crippen LogP contribution in [-0.2, 0) is 25.0 Å². The second-order valence-corrected chi connectivity index (χ2v) is 11.4. The second-order valence-electron chi connectivity index (χ2n) is 9.16. The van der Waals surface area contributed by atoms with Crippen LogP contribution < -0.4 is 10.2 Å². The van der Waals surface area contributed by atoms with E-state index >= 15 is 0 Å². The molecule has 2 atom stereocenters. The van der Waals surface area contributed by atoms with Crippen LogP contribution in [0, 0.1) is 0 Å². The number of benzene rings is 3. The molecule has 5 rings (SSSR count). The van der Waals surface area contributed by atoms with Crippen molar-refractivity contribution in [2.45, 2.75) is 24.9 Å². The number of imide groups is 1. The van der Waals surface area contributed by atoms with E-state index < -0.39 is 45.8 Å². The highest BCUT2D eigenvalue weighted by Crippen LogP contribution is 2.32. The molecule has 0 bridgehead atoms. The number of sulfone groups is 1. The summed E-state index contributed by atoms with van der Waals surface area (Å²) in [5, 5.41) is 4.69. The smallest absolute Gasteiger partial charge is 0.319 e. The molecule has 0 aliphatic carbocycles. The average Bonchev–Trinajstić information content (AvgIpc) is 3.30. The summed E-state index contributed by atoms with van der Waals surface area (Å²) in [5.41, 5.74) is -0.175. The van der Waals surface area contributed by atoms with Crippen molar-refractivity contribution in [1.82, 2.24) is 10.2 Å². The number of urea groups is 1. The van der Waals surface area contributed by atoms with Crippen LogP contribution >= 0.6 is 0 Å². The molecule has 2 aliphatic heterocycles. The summed E-state index contributed by atoms with van der Waals surface area (Å²) in [6.07, 6.45) is 0.303. The molecule has 0 aromatic heterocycles. The quantitative estimate of drug-likeness (QED) is 0.553. The zero-order valence-corrected chi connectivity index (χ0v) is 20.0. The van der Waals surface area contributed by atoms with Gasteiger partial charge in [-0.25, -0.2) is 13.2 Å². The summed E-state index contributed by atoms with van der Waals surface area (Å²) < 4.78 is 24.2. The third-order valence-electron chi connectivity index (χ3n) is 6.77. The Morgan fingerprint density at radius 1 is 1.03 bits per heavy atom. The molecule has 0 radical (unpaired) electrons. The Bertz CT molecular complexity index is 1440. The van der Waals surface area contributed by atoms with Gasteiger partial charge in [0.2, 0.25) is 5.91 Å². The first-order chi connectivity index (χ1) is 16.7. The number of hydrogen-bond donors (Lipinski definition) is 1. The number of nitrogens with zero attached hydrogens (tertiary/aromatic N) is 2. The maximum Gasteiger partial charge on any atom is 0.325 e. The lowest BCUT2D eigenvalue weighted by molar-refractivity contribution is -0.134. The molecule has 0 spiro atoms.